The van der Waals surface area contributed by atoms with Gasteiger partial charge in [-0.3, -0.25) is 4.79 Å². The van der Waals surface area contributed by atoms with Gasteiger partial charge in [-0.2, -0.15) is 5.26 Å². The highest BCUT2D eigenvalue weighted by Crippen LogP contribution is 2.11. The maximum atomic E-state index is 13.6. The van der Waals surface area contributed by atoms with Crippen molar-refractivity contribution in [3.63, 3.8) is 0 Å². The molecule has 0 bridgehead atoms. The molecule has 1 aromatic rings. The van der Waals surface area contributed by atoms with Gasteiger partial charge in [-0.05, 0) is 25.5 Å². The molecule has 1 amide bonds. The molecule has 0 aliphatic carbocycles. The van der Waals surface area contributed by atoms with Gasteiger partial charge in [-0.15, -0.1) is 0 Å². The van der Waals surface area contributed by atoms with Crippen molar-refractivity contribution in [1.29, 1.82) is 5.26 Å². The lowest BCUT2D eigenvalue weighted by molar-refractivity contribution is -0.118. The first kappa shape index (κ1) is 14.1. The summed E-state index contributed by atoms with van der Waals surface area (Å²) in [5, 5.41) is 11.7. The Balaban J connectivity index is 2.32. The Morgan fingerprint density at radius 1 is 1.44 bits per heavy atom. The Labute approximate surface area is 106 Å². The first-order chi connectivity index (χ1) is 8.65. The predicted octanol–water partition coefficient (Wildman–Crippen LogP) is 1.44. The number of halogens is 1. The van der Waals surface area contributed by atoms with Crippen LogP contribution in [-0.2, 0) is 11.3 Å². The number of nitrogens with zero attached hydrogens (tertiary/aromatic N) is 1. The fraction of sp³-hybridized carbons (Fsp3) is 0.385. The molecule has 0 aliphatic heterocycles. The zero-order chi connectivity index (χ0) is 13.4. The van der Waals surface area contributed by atoms with E-state index < -0.39 is 5.82 Å². The molecule has 1 aromatic carbocycles. The van der Waals surface area contributed by atoms with Gasteiger partial charge in [-0.1, -0.05) is 12.1 Å². The molecule has 96 valence electrons. The second kappa shape index (κ2) is 7.41. The molecule has 1 rings (SSSR count). The Bertz CT molecular complexity index is 454. The normalized spacial score (nSPS) is 10.0. The number of nitriles is 1. The summed E-state index contributed by atoms with van der Waals surface area (Å²) in [4.78, 5) is 10.5. The number of amides is 1. The Morgan fingerprint density at radius 3 is 2.89 bits per heavy atom. The predicted molar refractivity (Wildman–Crippen MR) is 65.9 cm³/mol. The van der Waals surface area contributed by atoms with Gasteiger partial charge in [0.15, 0.2) is 0 Å². The summed E-state index contributed by atoms with van der Waals surface area (Å²) >= 11 is 0. The molecular weight excluding hydrogens is 233 g/mol. The largest absolute Gasteiger partial charge is 0.370 e. The molecule has 0 radical (unpaired) electrons. The summed E-state index contributed by atoms with van der Waals surface area (Å²) in [5.41, 5.74) is 5.54. The highest BCUT2D eigenvalue weighted by Gasteiger charge is 2.06. The fourth-order valence-corrected chi connectivity index (χ4v) is 1.57. The molecule has 0 fully saturated rings. The van der Waals surface area contributed by atoms with Gasteiger partial charge >= 0.3 is 0 Å². The van der Waals surface area contributed by atoms with E-state index >= 15 is 0 Å². The second-order valence-electron chi connectivity index (χ2n) is 3.99. The highest BCUT2D eigenvalue weighted by atomic mass is 19.1. The molecule has 0 aliphatic rings. The van der Waals surface area contributed by atoms with Crippen molar-refractivity contribution >= 4 is 5.91 Å². The van der Waals surface area contributed by atoms with E-state index in [2.05, 4.69) is 5.32 Å². The number of primary amides is 1. The van der Waals surface area contributed by atoms with Crippen molar-refractivity contribution in [2.45, 2.75) is 25.8 Å². The second-order valence-corrected chi connectivity index (χ2v) is 3.99. The van der Waals surface area contributed by atoms with E-state index in [4.69, 9.17) is 11.0 Å². The zero-order valence-corrected chi connectivity index (χ0v) is 10.1. The minimum atomic E-state index is -0.468. The Kier molecular flexibility index (Phi) is 5.81. The van der Waals surface area contributed by atoms with Crippen LogP contribution in [0.2, 0.25) is 0 Å². The highest BCUT2D eigenvalue weighted by molar-refractivity contribution is 5.73. The van der Waals surface area contributed by atoms with Crippen LogP contribution in [0.1, 0.15) is 30.4 Å². The van der Waals surface area contributed by atoms with Crippen LogP contribution in [0, 0.1) is 17.1 Å². The minimum absolute atomic E-state index is 0.0584. The molecular formula is C13H16FN3O. The topological polar surface area (TPSA) is 78.9 Å². The molecule has 0 atom stereocenters. The van der Waals surface area contributed by atoms with Gasteiger partial charge in [0.25, 0.3) is 0 Å². The third-order valence-electron chi connectivity index (χ3n) is 2.54. The lowest BCUT2D eigenvalue weighted by atomic mass is 10.1. The maximum absolute atomic E-state index is 13.6. The van der Waals surface area contributed by atoms with Gasteiger partial charge < -0.3 is 11.1 Å². The fourth-order valence-electron chi connectivity index (χ4n) is 1.57. The number of rotatable bonds is 7. The van der Waals surface area contributed by atoms with E-state index in [9.17, 15) is 9.18 Å². The molecule has 4 nitrogen and oxygen atoms in total. The SMILES string of the molecule is N#Cc1cccc(CNCCCCC(N)=O)c1F. The first-order valence-corrected chi connectivity index (χ1v) is 5.81. The maximum Gasteiger partial charge on any atom is 0.217 e. The van der Waals surface area contributed by atoms with Gasteiger partial charge in [0, 0.05) is 18.5 Å². The van der Waals surface area contributed by atoms with E-state index in [1.807, 2.05) is 0 Å². The minimum Gasteiger partial charge on any atom is -0.370 e. The van der Waals surface area contributed by atoms with Gasteiger partial charge in [0.1, 0.15) is 11.9 Å². The third-order valence-corrected chi connectivity index (χ3v) is 2.54. The first-order valence-electron chi connectivity index (χ1n) is 5.81. The molecule has 0 saturated heterocycles. The van der Waals surface area contributed by atoms with Crippen LogP contribution < -0.4 is 11.1 Å². The van der Waals surface area contributed by atoms with E-state index in [1.54, 1.807) is 18.2 Å². The van der Waals surface area contributed by atoms with Gasteiger partial charge in [-0.25, -0.2) is 4.39 Å². The number of carbonyl (C=O) groups is 1. The molecule has 0 unspecified atom stereocenters. The van der Waals surface area contributed by atoms with Crippen molar-refractivity contribution in [3.05, 3.63) is 35.1 Å². The number of unbranched alkanes of at least 4 members (excludes halogenated alkanes) is 1. The van der Waals surface area contributed by atoms with E-state index in [0.717, 1.165) is 12.8 Å². The summed E-state index contributed by atoms with van der Waals surface area (Å²) in [7, 11) is 0. The number of hydrogen-bond donors (Lipinski definition) is 2. The van der Waals surface area contributed by atoms with Crippen molar-refractivity contribution in [1.82, 2.24) is 5.32 Å². The molecule has 0 heterocycles. The van der Waals surface area contributed by atoms with Crippen LogP contribution in [0.15, 0.2) is 18.2 Å². The quantitative estimate of drug-likeness (QED) is 0.718. The van der Waals surface area contributed by atoms with Crippen LogP contribution in [-0.4, -0.2) is 12.5 Å². The Hall–Kier alpha value is -1.93. The summed E-state index contributed by atoms with van der Waals surface area (Å²) in [6.45, 7) is 1.06. The van der Waals surface area contributed by atoms with Crippen LogP contribution in [0.3, 0.4) is 0 Å². The summed E-state index contributed by atoms with van der Waals surface area (Å²) < 4.78 is 13.6. The molecule has 0 aromatic heterocycles. The van der Waals surface area contributed by atoms with Crippen molar-refractivity contribution in [3.8, 4) is 6.07 Å². The Morgan fingerprint density at radius 2 is 2.22 bits per heavy atom. The van der Waals surface area contributed by atoms with E-state index in [1.165, 1.54) is 6.07 Å². The van der Waals surface area contributed by atoms with E-state index in [-0.39, 0.29) is 11.5 Å². The number of carbonyl (C=O) groups excluding carboxylic acids is 1. The number of benzene rings is 1. The average molecular weight is 249 g/mol. The molecule has 0 saturated carbocycles. The smallest absolute Gasteiger partial charge is 0.217 e. The van der Waals surface area contributed by atoms with Crippen LogP contribution in [0.4, 0.5) is 4.39 Å². The average Bonchev–Trinajstić information content (AvgIpc) is 2.35. The molecule has 18 heavy (non-hydrogen) atoms. The zero-order valence-electron chi connectivity index (χ0n) is 10.1. The molecule has 5 heteroatoms. The van der Waals surface area contributed by atoms with Crippen molar-refractivity contribution in [2.24, 2.45) is 5.73 Å². The lowest BCUT2D eigenvalue weighted by Gasteiger charge is -2.06. The third kappa shape index (κ3) is 4.52. The summed E-state index contributed by atoms with van der Waals surface area (Å²) in [5.74, 6) is -0.771. The van der Waals surface area contributed by atoms with Gasteiger partial charge in [0.05, 0.1) is 5.56 Å². The van der Waals surface area contributed by atoms with Crippen molar-refractivity contribution < 1.29 is 9.18 Å². The summed E-state index contributed by atoms with van der Waals surface area (Å²) in [6, 6.07) is 6.56. The van der Waals surface area contributed by atoms with E-state index in [0.29, 0.717) is 25.1 Å². The van der Waals surface area contributed by atoms with Gasteiger partial charge in [0.2, 0.25) is 5.91 Å². The number of nitrogens with one attached hydrogen (secondary N) is 1. The number of hydrogen-bond acceptors (Lipinski definition) is 3. The van der Waals surface area contributed by atoms with Crippen LogP contribution in [0.25, 0.3) is 0 Å². The standard InChI is InChI=1S/C13H16FN3O/c14-13-10(8-15)4-3-5-11(13)9-17-7-2-1-6-12(16)18/h3-5,17H,1-2,6-7,9H2,(H2,16,18). The molecule has 0 spiro atoms. The number of nitrogens with two attached hydrogens (primary N) is 1. The molecule has 3 N–H and O–H groups in total. The monoisotopic (exact) mass is 249 g/mol. The summed E-state index contributed by atoms with van der Waals surface area (Å²) in [6.07, 6.45) is 1.91. The lowest BCUT2D eigenvalue weighted by Crippen LogP contribution is -2.17. The van der Waals surface area contributed by atoms with Crippen LogP contribution in [0.5, 0.6) is 0 Å². The van der Waals surface area contributed by atoms with Crippen molar-refractivity contribution in [2.75, 3.05) is 6.54 Å². The van der Waals surface area contributed by atoms with Crippen LogP contribution >= 0.6 is 0 Å².